The molecule has 2 N–H and O–H groups in total. The number of benzene rings is 3. The van der Waals surface area contributed by atoms with Crippen LogP contribution in [-0.4, -0.2) is 11.8 Å². The van der Waals surface area contributed by atoms with E-state index in [0.29, 0.717) is 17.7 Å². The van der Waals surface area contributed by atoms with E-state index < -0.39 is 40.9 Å². The Morgan fingerprint density at radius 2 is 1.11 bits per heavy atom. The van der Waals surface area contributed by atoms with E-state index in [-0.39, 0.29) is 11.4 Å². The molecule has 3 aromatic carbocycles. The minimum atomic E-state index is -4.65. The number of anilines is 2. The van der Waals surface area contributed by atoms with Gasteiger partial charge >= 0.3 is 12.4 Å². The molecule has 3 rings (SSSR count). The highest BCUT2D eigenvalue weighted by Crippen LogP contribution is 2.32. The smallest absolute Gasteiger partial charge is 0.322 e. The van der Waals surface area contributed by atoms with Crippen LogP contribution in [0.25, 0.3) is 6.08 Å². The van der Waals surface area contributed by atoms with Crippen molar-refractivity contribution in [1.29, 1.82) is 0 Å². The topological polar surface area (TPSA) is 58.2 Å². The third-order valence-corrected chi connectivity index (χ3v) is 4.77. The summed E-state index contributed by atoms with van der Waals surface area (Å²) in [6.45, 7) is 1.81. The number of amides is 2. The molecule has 0 aliphatic carbocycles. The number of alkyl halides is 6. The lowest BCUT2D eigenvalue weighted by atomic mass is 10.1. The fraction of sp³-hybridized carbons (Fsp3) is 0.120. The first-order valence-corrected chi connectivity index (χ1v) is 10.1. The molecule has 0 aliphatic rings. The Labute approximate surface area is 196 Å². The Hall–Kier alpha value is -4.08. The molecular weight excluding hydrogens is 474 g/mol. The SMILES string of the molecule is Cc1ccc(C=C(C(=O)Nc2cccc(C(F)(F)F)c2)C(=O)Nc2cccc(C(F)(F)F)c2)cc1. The quantitative estimate of drug-likeness (QED) is 0.180. The molecule has 4 nitrogen and oxygen atoms in total. The van der Waals surface area contributed by atoms with Gasteiger partial charge in [-0.15, -0.1) is 0 Å². The molecule has 0 atom stereocenters. The molecule has 10 heteroatoms. The summed E-state index contributed by atoms with van der Waals surface area (Å²) in [4.78, 5) is 25.8. The summed E-state index contributed by atoms with van der Waals surface area (Å²) in [7, 11) is 0. The van der Waals surface area contributed by atoms with Crippen molar-refractivity contribution >= 4 is 29.3 Å². The van der Waals surface area contributed by atoms with Gasteiger partial charge in [0.05, 0.1) is 11.1 Å². The first kappa shape index (κ1) is 25.5. The maximum Gasteiger partial charge on any atom is 0.416 e. The minimum Gasteiger partial charge on any atom is -0.322 e. The van der Waals surface area contributed by atoms with Gasteiger partial charge in [-0.05, 0) is 55.0 Å². The second-order valence-electron chi connectivity index (χ2n) is 7.53. The zero-order valence-corrected chi connectivity index (χ0v) is 18.1. The van der Waals surface area contributed by atoms with Crippen LogP contribution < -0.4 is 10.6 Å². The molecule has 0 aliphatic heterocycles. The average molecular weight is 492 g/mol. The van der Waals surface area contributed by atoms with Gasteiger partial charge in [0.1, 0.15) is 5.57 Å². The zero-order chi connectivity index (χ0) is 25.8. The van der Waals surface area contributed by atoms with Crippen LogP contribution in [0.5, 0.6) is 0 Å². The highest BCUT2D eigenvalue weighted by molar-refractivity contribution is 6.28. The van der Waals surface area contributed by atoms with E-state index in [0.717, 1.165) is 29.8 Å². The largest absolute Gasteiger partial charge is 0.416 e. The minimum absolute atomic E-state index is 0.216. The molecule has 2 amide bonds. The van der Waals surface area contributed by atoms with E-state index in [1.54, 1.807) is 24.3 Å². The van der Waals surface area contributed by atoms with Gasteiger partial charge in [0, 0.05) is 11.4 Å². The summed E-state index contributed by atoms with van der Waals surface area (Å²) in [6.07, 6.45) is -8.12. The summed E-state index contributed by atoms with van der Waals surface area (Å²) in [5.41, 5.74) is -1.66. The van der Waals surface area contributed by atoms with Crippen molar-refractivity contribution in [3.63, 3.8) is 0 Å². The molecule has 0 saturated heterocycles. The van der Waals surface area contributed by atoms with Gasteiger partial charge < -0.3 is 10.6 Å². The van der Waals surface area contributed by atoms with Crippen molar-refractivity contribution in [2.75, 3.05) is 10.6 Å². The molecule has 3 aromatic rings. The highest BCUT2D eigenvalue weighted by atomic mass is 19.4. The monoisotopic (exact) mass is 492 g/mol. The number of halogens is 6. The summed E-state index contributed by atoms with van der Waals surface area (Å²) in [5, 5.41) is 4.48. The lowest BCUT2D eigenvalue weighted by Crippen LogP contribution is -2.25. The Bertz CT molecular complexity index is 1190. The number of carbonyl (C=O) groups is 2. The third-order valence-electron chi connectivity index (χ3n) is 4.77. The van der Waals surface area contributed by atoms with Crippen molar-refractivity contribution in [3.8, 4) is 0 Å². The second kappa shape index (κ2) is 10.0. The van der Waals surface area contributed by atoms with Crippen LogP contribution in [-0.2, 0) is 21.9 Å². The first-order chi connectivity index (χ1) is 16.3. The summed E-state index contributed by atoms with van der Waals surface area (Å²) in [5.74, 6) is -2.09. The van der Waals surface area contributed by atoms with Crippen molar-refractivity contribution in [2.45, 2.75) is 19.3 Å². The fourth-order valence-electron chi connectivity index (χ4n) is 3.01. The van der Waals surface area contributed by atoms with E-state index in [1.165, 1.54) is 18.2 Å². The maximum atomic E-state index is 13.0. The van der Waals surface area contributed by atoms with Crippen LogP contribution in [0.1, 0.15) is 22.3 Å². The Morgan fingerprint density at radius 1 is 0.686 bits per heavy atom. The molecule has 0 unspecified atom stereocenters. The molecule has 0 spiro atoms. The lowest BCUT2D eigenvalue weighted by Gasteiger charge is -2.13. The number of hydrogen-bond donors (Lipinski definition) is 2. The normalized spacial score (nSPS) is 11.5. The fourth-order valence-corrected chi connectivity index (χ4v) is 3.01. The van der Waals surface area contributed by atoms with Crippen molar-refractivity contribution in [3.05, 3.63) is 101 Å². The van der Waals surface area contributed by atoms with Gasteiger partial charge in [-0.2, -0.15) is 26.3 Å². The summed E-state index contributed by atoms with van der Waals surface area (Å²) in [6, 6.07) is 14.3. The van der Waals surface area contributed by atoms with Crippen molar-refractivity contribution < 1.29 is 35.9 Å². The van der Waals surface area contributed by atoms with Gasteiger partial charge in [-0.1, -0.05) is 42.0 Å². The van der Waals surface area contributed by atoms with Crippen LogP contribution in [0.4, 0.5) is 37.7 Å². The highest BCUT2D eigenvalue weighted by Gasteiger charge is 2.32. The van der Waals surface area contributed by atoms with Gasteiger partial charge in [0.2, 0.25) is 0 Å². The van der Waals surface area contributed by atoms with Gasteiger partial charge in [0.25, 0.3) is 11.8 Å². The summed E-state index contributed by atoms with van der Waals surface area (Å²) >= 11 is 0. The van der Waals surface area contributed by atoms with E-state index in [9.17, 15) is 35.9 Å². The van der Waals surface area contributed by atoms with Crippen LogP contribution in [0.3, 0.4) is 0 Å². The number of hydrogen-bond acceptors (Lipinski definition) is 2. The van der Waals surface area contributed by atoms with Gasteiger partial charge in [-0.3, -0.25) is 9.59 Å². The average Bonchev–Trinajstić information content (AvgIpc) is 2.77. The standard InChI is InChI=1S/C25H18F6N2O2/c1-15-8-10-16(11-9-15)12-21(22(34)32-19-6-2-4-17(13-19)24(26,27)28)23(35)33-20-7-3-5-18(14-20)25(29,30)31/h2-14H,1H3,(H,32,34)(H,33,35). The van der Waals surface area contributed by atoms with Crippen LogP contribution in [0.15, 0.2) is 78.4 Å². The maximum absolute atomic E-state index is 13.0. The Morgan fingerprint density at radius 3 is 1.51 bits per heavy atom. The number of carbonyl (C=O) groups excluding carboxylic acids is 2. The number of aryl methyl sites for hydroxylation is 1. The van der Waals surface area contributed by atoms with E-state index in [2.05, 4.69) is 10.6 Å². The van der Waals surface area contributed by atoms with Crippen LogP contribution >= 0.6 is 0 Å². The van der Waals surface area contributed by atoms with Gasteiger partial charge in [-0.25, -0.2) is 0 Å². The molecule has 0 radical (unpaired) electrons. The Balaban J connectivity index is 1.93. The predicted molar refractivity (Wildman–Crippen MR) is 119 cm³/mol. The molecule has 0 heterocycles. The molecule has 0 fully saturated rings. The molecule has 0 bridgehead atoms. The summed E-state index contributed by atoms with van der Waals surface area (Å²) < 4.78 is 78.0. The van der Waals surface area contributed by atoms with E-state index >= 15 is 0 Å². The van der Waals surface area contributed by atoms with Crippen LogP contribution in [0.2, 0.25) is 0 Å². The third kappa shape index (κ3) is 6.95. The van der Waals surface area contributed by atoms with E-state index in [4.69, 9.17) is 0 Å². The van der Waals surface area contributed by atoms with Crippen molar-refractivity contribution in [1.82, 2.24) is 0 Å². The van der Waals surface area contributed by atoms with Crippen molar-refractivity contribution in [2.24, 2.45) is 0 Å². The zero-order valence-electron chi connectivity index (χ0n) is 18.1. The molecule has 0 saturated carbocycles. The number of nitrogens with one attached hydrogen (secondary N) is 2. The van der Waals surface area contributed by atoms with Crippen LogP contribution in [0, 0.1) is 6.92 Å². The van der Waals surface area contributed by atoms with E-state index in [1.807, 2.05) is 6.92 Å². The lowest BCUT2D eigenvalue weighted by molar-refractivity contribution is -0.138. The molecule has 35 heavy (non-hydrogen) atoms. The molecule has 0 aromatic heterocycles. The first-order valence-electron chi connectivity index (χ1n) is 10.1. The van der Waals surface area contributed by atoms with Gasteiger partial charge in [0.15, 0.2) is 0 Å². The Kier molecular flexibility index (Phi) is 7.33. The molecule has 182 valence electrons. The number of rotatable bonds is 5. The predicted octanol–water partition coefficient (Wildman–Crippen LogP) is 6.69. The molecular formula is C25H18F6N2O2. The second-order valence-corrected chi connectivity index (χ2v) is 7.53.